The van der Waals surface area contributed by atoms with Gasteiger partial charge in [-0.3, -0.25) is 10.1 Å². The average Bonchev–Trinajstić information content (AvgIpc) is 3.09. The number of ether oxygens (including phenoxy) is 2. The molecule has 13 heteroatoms. The molecule has 1 fully saturated rings. The number of nitrogens with zero attached hydrogens (tertiary/aromatic N) is 2. The van der Waals surface area contributed by atoms with Gasteiger partial charge in [-0.15, -0.1) is 5.10 Å². The lowest BCUT2D eigenvalue weighted by Crippen LogP contribution is -2.19. The molecule has 1 N–H and O–H groups in total. The molecule has 33 heavy (non-hydrogen) atoms. The fourth-order valence-electron chi connectivity index (χ4n) is 2.41. The Balaban J connectivity index is 1.86. The number of nitrogens with one attached hydrogen (secondary N) is 1. The zero-order chi connectivity index (χ0) is 24.1. The molecule has 1 aliphatic rings. The van der Waals surface area contributed by atoms with Crippen LogP contribution in [0.1, 0.15) is 15.9 Å². The molecular formula is C20H11Cl2F2N3O5S. The summed E-state index contributed by atoms with van der Waals surface area (Å²) in [5, 5.41) is 10.0. The normalized spacial score (nSPS) is 15.8. The number of carbonyl (C=O) groups excluding carboxylic acids is 3. The minimum atomic E-state index is -1.33. The van der Waals surface area contributed by atoms with Gasteiger partial charge in [0, 0.05) is 16.7 Å². The van der Waals surface area contributed by atoms with E-state index < -0.39 is 35.0 Å². The van der Waals surface area contributed by atoms with Gasteiger partial charge in [0.25, 0.3) is 5.91 Å². The highest BCUT2D eigenvalue weighted by Crippen LogP contribution is 2.33. The first kappa shape index (κ1) is 24.4. The highest BCUT2D eigenvalue weighted by molar-refractivity contribution is 8.18. The number of thioether (sulfide) groups is 1. The van der Waals surface area contributed by atoms with Gasteiger partial charge in [-0.05, 0) is 36.0 Å². The van der Waals surface area contributed by atoms with Gasteiger partial charge in [-0.2, -0.15) is 5.10 Å². The van der Waals surface area contributed by atoms with Crippen molar-refractivity contribution >= 4 is 64.2 Å². The monoisotopic (exact) mass is 513 g/mol. The summed E-state index contributed by atoms with van der Waals surface area (Å²) in [6.45, 7) is 0. The van der Waals surface area contributed by atoms with Crippen molar-refractivity contribution in [2.24, 2.45) is 10.2 Å². The lowest BCUT2D eigenvalue weighted by atomic mass is 10.2. The molecule has 0 spiro atoms. The van der Waals surface area contributed by atoms with Crippen molar-refractivity contribution in [2.45, 2.75) is 0 Å². The van der Waals surface area contributed by atoms with Crippen LogP contribution in [0.15, 0.2) is 51.5 Å². The van der Waals surface area contributed by atoms with Crippen molar-refractivity contribution in [3.05, 3.63) is 74.1 Å². The van der Waals surface area contributed by atoms with E-state index in [1.54, 1.807) is 0 Å². The fraction of sp³-hybridized carbons (Fsp3) is 0.0500. The van der Waals surface area contributed by atoms with Gasteiger partial charge < -0.3 is 9.47 Å². The van der Waals surface area contributed by atoms with E-state index in [9.17, 15) is 23.2 Å². The number of amides is 1. The molecule has 0 aromatic heterocycles. The topological polar surface area (TPSA) is 106 Å². The molecule has 0 saturated carbocycles. The highest BCUT2D eigenvalue weighted by Gasteiger charge is 2.25. The Morgan fingerprint density at radius 2 is 1.88 bits per heavy atom. The molecule has 0 bridgehead atoms. The second-order valence-electron chi connectivity index (χ2n) is 6.03. The maximum absolute atomic E-state index is 13.9. The number of halogens is 4. The van der Waals surface area contributed by atoms with Crippen molar-refractivity contribution in [3.8, 4) is 5.75 Å². The number of carbonyl (C=O) groups is 3. The number of rotatable bonds is 5. The molecule has 3 rings (SSSR count). The third-order valence-electron chi connectivity index (χ3n) is 3.85. The van der Waals surface area contributed by atoms with Crippen LogP contribution < -0.4 is 10.1 Å². The fourth-order valence-corrected chi connectivity index (χ4v) is 3.69. The molecule has 2 aromatic rings. The maximum Gasteiger partial charge on any atom is 0.349 e. The number of hydrogen-bond donors (Lipinski definition) is 1. The summed E-state index contributed by atoms with van der Waals surface area (Å²) in [4.78, 5) is 35.5. The van der Waals surface area contributed by atoms with Crippen LogP contribution in [0.3, 0.4) is 0 Å². The van der Waals surface area contributed by atoms with Crippen molar-refractivity contribution in [3.63, 3.8) is 0 Å². The first-order chi connectivity index (χ1) is 15.7. The molecule has 8 nitrogen and oxygen atoms in total. The van der Waals surface area contributed by atoms with Gasteiger partial charge >= 0.3 is 11.9 Å². The van der Waals surface area contributed by atoms with Crippen molar-refractivity contribution in [1.82, 2.24) is 5.32 Å². The van der Waals surface area contributed by atoms with Crippen molar-refractivity contribution in [2.75, 3.05) is 7.11 Å². The lowest BCUT2D eigenvalue weighted by molar-refractivity contribution is -0.135. The number of methoxy groups -OCH3 is 1. The number of benzene rings is 2. The van der Waals surface area contributed by atoms with E-state index in [1.807, 2.05) is 0 Å². The Kier molecular flexibility index (Phi) is 7.79. The first-order valence-corrected chi connectivity index (χ1v) is 10.3. The summed E-state index contributed by atoms with van der Waals surface area (Å²) >= 11 is 12.9. The molecule has 0 atom stereocenters. The Hall–Kier alpha value is -3.28. The van der Waals surface area contributed by atoms with Gasteiger partial charge in [0.2, 0.25) is 0 Å². The first-order valence-electron chi connectivity index (χ1n) is 8.74. The smallest absolute Gasteiger partial charge is 0.349 e. The molecule has 2 aromatic carbocycles. The second kappa shape index (κ2) is 10.6. The Morgan fingerprint density at radius 1 is 1.18 bits per heavy atom. The third-order valence-corrected chi connectivity index (χ3v) is 5.24. The zero-order valence-corrected chi connectivity index (χ0v) is 18.7. The number of amidine groups is 1. The molecule has 0 aliphatic carbocycles. The summed E-state index contributed by atoms with van der Waals surface area (Å²) in [6.07, 6.45) is 2.09. The van der Waals surface area contributed by atoms with E-state index >= 15 is 0 Å². The summed E-state index contributed by atoms with van der Waals surface area (Å²) < 4.78 is 37.4. The van der Waals surface area contributed by atoms with Crippen LogP contribution in [-0.2, 0) is 14.3 Å². The zero-order valence-electron chi connectivity index (χ0n) is 16.4. The molecular weight excluding hydrogens is 503 g/mol. The van der Waals surface area contributed by atoms with Gasteiger partial charge in [0.15, 0.2) is 10.9 Å². The molecule has 1 heterocycles. The van der Waals surface area contributed by atoms with Crippen LogP contribution in [0.2, 0.25) is 10.0 Å². The van der Waals surface area contributed by atoms with E-state index in [2.05, 4.69) is 20.3 Å². The van der Waals surface area contributed by atoms with Crippen molar-refractivity contribution < 1.29 is 32.6 Å². The van der Waals surface area contributed by atoms with Crippen LogP contribution in [-0.4, -0.2) is 36.3 Å². The minimum absolute atomic E-state index is 0.0446. The molecule has 1 aliphatic heterocycles. The van der Waals surface area contributed by atoms with Crippen LogP contribution in [0, 0.1) is 11.6 Å². The predicted octanol–water partition coefficient (Wildman–Crippen LogP) is 4.10. The largest absolute Gasteiger partial charge is 0.466 e. The van der Waals surface area contributed by atoms with Crippen molar-refractivity contribution in [1.29, 1.82) is 0 Å². The summed E-state index contributed by atoms with van der Waals surface area (Å²) in [5.74, 6) is -5.12. The molecule has 1 saturated heterocycles. The van der Waals surface area contributed by atoms with E-state index in [0.717, 1.165) is 49.4 Å². The SMILES string of the molecule is COC(=O)/C=C1/S/C(=N\N=Cc2cc(Cl)cc(Cl)c2OC(=O)c2c(F)cccc2F)NC1=O. The van der Waals surface area contributed by atoms with Crippen LogP contribution in [0.5, 0.6) is 5.75 Å². The predicted molar refractivity (Wildman–Crippen MR) is 119 cm³/mol. The Morgan fingerprint density at radius 3 is 2.55 bits per heavy atom. The van der Waals surface area contributed by atoms with Gasteiger partial charge in [-0.25, -0.2) is 18.4 Å². The molecule has 0 unspecified atom stereocenters. The summed E-state index contributed by atoms with van der Waals surface area (Å²) in [5.41, 5.74) is -0.844. The van der Waals surface area contributed by atoms with E-state index in [4.69, 9.17) is 27.9 Å². The molecule has 1 amide bonds. The van der Waals surface area contributed by atoms with E-state index in [0.29, 0.717) is 0 Å². The van der Waals surface area contributed by atoms with Crippen LogP contribution >= 0.6 is 35.0 Å². The second-order valence-corrected chi connectivity index (χ2v) is 7.90. The third kappa shape index (κ3) is 5.95. The average molecular weight is 514 g/mol. The molecule has 170 valence electrons. The molecule has 0 radical (unpaired) electrons. The Labute approximate surface area is 199 Å². The van der Waals surface area contributed by atoms with Gasteiger partial charge in [0.1, 0.15) is 17.2 Å². The van der Waals surface area contributed by atoms with Gasteiger partial charge in [0.05, 0.1) is 23.3 Å². The summed E-state index contributed by atoms with van der Waals surface area (Å²) in [6, 6.07) is 5.47. The standard InChI is InChI=1S/C20H11Cl2F2N3O5S/c1-31-15(28)7-14-18(29)26-20(33-14)27-25-8-9-5-10(21)6-11(22)17(9)32-19(30)16-12(23)3-2-4-13(16)24/h2-8H,1H3,(H,26,27,29)/b14-7+,25-8?. The summed E-state index contributed by atoms with van der Waals surface area (Å²) in [7, 11) is 1.16. The quantitative estimate of drug-likeness (QED) is 0.212. The van der Waals surface area contributed by atoms with E-state index in [-0.39, 0.29) is 31.4 Å². The van der Waals surface area contributed by atoms with Crippen LogP contribution in [0.4, 0.5) is 8.78 Å². The van der Waals surface area contributed by atoms with Gasteiger partial charge in [-0.1, -0.05) is 29.3 Å². The lowest BCUT2D eigenvalue weighted by Gasteiger charge is -2.10. The number of esters is 2. The van der Waals surface area contributed by atoms with Crippen LogP contribution in [0.25, 0.3) is 0 Å². The highest BCUT2D eigenvalue weighted by atomic mass is 35.5. The number of hydrogen-bond acceptors (Lipinski definition) is 8. The van der Waals surface area contributed by atoms with E-state index in [1.165, 1.54) is 12.1 Å². The minimum Gasteiger partial charge on any atom is -0.466 e. The maximum atomic E-state index is 13.9. The Bertz CT molecular complexity index is 1230.